The summed E-state index contributed by atoms with van der Waals surface area (Å²) in [5.41, 5.74) is 0. The molecule has 0 unspecified atom stereocenters. The van der Waals surface area contributed by atoms with Crippen LogP contribution in [0.25, 0.3) is 0 Å². The molecule has 1 aromatic carbocycles. The van der Waals surface area contributed by atoms with Gasteiger partial charge in [-0.05, 0) is 19.3 Å². The summed E-state index contributed by atoms with van der Waals surface area (Å²) in [4.78, 5) is 2.45. The van der Waals surface area contributed by atoms with E-state index < -0.39 is 8.96 Å². The fourth-order valence-electron chi connectivity index (χ4n) is 1.85. The van der Waals surface area contributed by atoms with Crippen LogP contribution in [0.2, 0.25) is 0 Å². The molecule has 75 valence electrons. The molecule has 14 heavy (non-hydrogen) atoms. The van der Waals surface area contributed by atoms with E-state index in [-0.39, 0.29) is 0 Å². The molecule has 0 bridgehead atoms. The second-order valence-corrected chi connectivity index (χ2v) is 6.52. The third-order valence-corrected chi connectivity index (χ3v) is 5.79. The first-order valence-electron chi connectivity index (χ1n) is 5.08. The molecule has 1 aliphatic heterocycles. The molecule has 1 fully saturated rings. The summed E-state index contributed by atoms with van der Waals surface area (Å²) in [6.45, 7) is 2.41. The molecule has 0 atom stereocenters. The minimum atomic E-state index is -0.493. The van der Waals surface area contributed by atoms with E-state index >= 15 is 0 Å². The highest BCUT2D eigenvalue weighted by Gasteiger charge is 2.25. The van der Waals surface area contributed by atoms with Gasteiger partial charge in [0.15, 0.2) is 8.96 Å². The fraction of sp³-hybridized carbons (Fsp3) is 0.455. The molecular weight excluding hydrogens is 188 g/mol. The first-order chi connectivity index (χ1) is 6.77. The van der Waals surface area contributed by atoms with Gasteiger partial charge in [0.1, 0.15) is 0 Å². The summed E-state index contributed by atoms with van der Waals surface area (Å²) >= 11 is 0. The molecule has 2 rings (SSSR count). The lowest BCUT2D eigenvalue weighted by Crippen LogP contribution is -2.59. The summed E-state index contributed by atoms with van der Waals surface area (Å²) in [6.07, 6.45) is 1.24. The second-order valence-electron chi connectivity index (χ2n) is 3.97. The van der Waals surface area contributed by atoms with Gasteiger partial charge in [-0.3, -0.25) is 0 Å². The van der Waals surface area contributed by atoms with E-state index in [1.54, 1.807) is 0 Å². The Morgan fingerprint density at radius 2 is 1.79 bits per heavy atom. The van der Waals surface area contributed by atoms with Crippen molar-refractivity contribution in [3.63, 3.8) is 0 Å². The molecule has 1 heterocycles. The van der Waals surface area contributed by atoms with Gasteiger partial charge in [0.05, 0.1) is 0 Å². The van der Waals surface area contributed by atoms with Gasteiger partial charge in [0.25, 0.3) is 0 Å². The fourth-order valence-corrected chi connectivity index (χ4v) is 4.33. The number of hydrogen-bond acceptors (Lipinski definition) is 2. The Labute approximate surface area is 87.8 Å². The summed E-state index contributed by atoms with van der Waals surface area (Å²) in [5.74, 6) is 0. The molecule has 1 aromatic rings. The maximum Gasteiger partial charge on any atom is 0.187 e. The Kier molecular flexibility index (Phi) is 3.01. The van der Waals surface area contributed by atoms with Gasteiger partial charge in [-0.15, -0.1) is 0 Å². The lowest BCUT2D eigenvalue weighted by Gasteiger charge is -2.36. The summed E-state index contributed by atoms with van der Waals surface area (Å²) in [5, 5.41) is 1.53. The van der Waals surface area contributed by atoms with E-state index in [4.69, 9.17) is 0 Å². The highest BCUT2D eigenvalue weighted by molar-refractivity contribution is 6.70. The van der Waals surface area contributed by atoms with E-state index in [9.17, 15) is 0 Å². The van der Waals surface area contributed by atoms with E-state index in [1.165, 1.54) is 24.4 Å². The lowest BCUT2D eigenvalue weighted by atomic mass is 10.4. The molecule has 1 radical (unpaired) electrons. The van der Waals surface area contributed by atoms with Crippen molar-refractivity contribution in [2.24, 2.45) is 0 Å². The molecular formula is C11H17N2Si. The molecule has 0 aliphatic carbocycles. The average Bonchev–Trinajstić information content (AvgIpc) is 2.23. The van der Waals surface area contributed by atoms with Crippen LogP contribution < -0.4 is 5.19 Å². The summed E-state index contributed by atoms with van der Waals surface area (Å²) in [7, 11) is 3.99. The average molecular weight is 205 g/mol. The number of nitrogens with zero attached hydrogens (tertiary/aromatic N) is 2. The van der Waals surface area contributed by atoms with Gasteiger partial charge in [0, 0.05) is 19.3 Å². The predicted molar refractivity (Wildman–Crippen MR) is 62.0 cm³/mol. The van der Waals surface area contributed by atoms with E-state index in [2.05, 4.69) is 53.9 Å². The largest absolute Gasteiger partial charge is 0.321 e. The molecule has 0 saturated carbocycles. The Morgan fingerprint density at radius 3 is 2.50 bits per heavy atom. The van der Waals surface area contributed by atoms with Crippen LogP contribution in [0.1, 0.15) is 0 Å². The number of benzene rings is 1. The van der Waals surface area contributed by atoms with Gasteiger partial charge >= 0.3 is 0 Å². The second kappa shape index (κ2) is 4.25. The number of rotatable bonds is 1. The Morgan fingerprint density at radius 1 is 1.07 bits per heavy atom. The van der Waals surface area contributed by atoms with E-state index in [0.29, 0.717) is 0 Å². The van der Waals surface area contributed by atoms with Crippen LogP contribution in [0.3, 0.4) is 0 Å². The standard InChI is InChI=1S/C11H17N2Si/c1-12-8-9-13(2)14(10-12)11-6-4-3-5-7-11/h3-7H,8-10H2,1-2H3. The van der Waals surface area contributed by atoms with Crippen molar-refractivity contribution < 1.29 is 0 Å². The molecule has 0 amide bonds. The van der Waals surface area contributed by atoms with Crippen LogP contribution in [-0.4, -0.2) is 51.8 Å². The molecule has 0 N–H and O–H groups in total. The maximum atomic E-state index is 2.54. The molecule has 0 spiro atoms. The zero-order chi connectivity index (χ0) is 9.97. The van der Waals surface area contributed by atoms with Crippen molar-refractivity contribution in [2.45, 2.75) is 0 Å². The van der Waals surface area contributed by atoms with Crippen molar-refractivity contribution in [1.29, 1.82) is 0 Å². The normalized spacial score (nSPS) is 21.3. The van der Waals surface area contributed by atoms with Crippen LogP contribution in [0.4, 0.5) is 0 Å². The quantitative estimate of drug-likeness (QED) is 0.609. The smallest absolute Gasteiger partial charge is 0.187 e. The Bertz CT molecular complexity index is 289. The van der Waals surface area contributed by atoms with Gasteiger partial charge in [-0.1, -0.05) is 30.3 Å². The van der Waals surface area contributed by atoms with Crippen molar-refractivity contribution in [1.82, 2.24) is 9.47 Å². The molecule has 1 aliphatic rings. The van der Waals surface area contributed by atoms with Crippen molar-refractivity contribution in [3.05, 3.63) is 30.3 Å². The molecule has 3 heteroatoms. The monoisotopic (exact) mass is 205 g/mol. The van der Waals surface area contributed by atoms with E-state index in [0.717, 1.165) is 0 Å². The van der Waals surface area contributed by atoms with E-state index in [1.807, 2.05) is 0 Å². The molecule has 2 nitrogen and oxygen atoms in total. The highest BCUT2D eigenvalue weighted by atomic mass is 28.3. The zero-order valence-electron chi connectivity index (χ0n) is 8.90. The Balaban J connectivity index is 2.16. The number of hydrogen-bond donors (Lipinski definition) is 0. The minimum absolute atomic E-state index is 0.493. The van der Waals surface area contributed by atoms with Crippen molar-refractivity contribution in [3.8, 4) is 0 Å². The van der Waals surface area contributed by atoms with Gasteiger partial charge in [0.2, 0.25) is 0 Å². The highest BCUT2D eigenvalue weighted by Crippen LogP contribution is 2.02. The predicted octanol–water partition coefficient (Wildman–Crippen LogP) is 0.301. The molecule has 1 saturated heterocycles. The first kappa shape index (κ1) is 9.89. The molecule has 0 aromatic heterocycles. The number of likely N-dealkylation sites (N-methyl/N-ethyl adjacent to an activating group) is 2. The third-order valence-electron chi connectivity index (χ3n) is 2.80. The summed E-state index contributed by atoms with van der Waals surface area (Å²) in [6, 6.07) is 10.9. The van der Waals surface area contributed by atoms with Crippen LogP contribution in [0, 0.1) is 0 Å². The van der Waals surface area contributed by atoms with Crippen LogP contribution in [0.15, 0.2) is 30.3 Å². The van der Waals surface area contributed by atoms with Crippen LogP contribution in [-0.2, 0) is 0 Å². The SMILES string of the molecule is CN1CCN(C)[Si](c2ccccc2)C1. The van der Waals surface area contributed by atoms with Crippen LogP contribution >= 0.6 is 0 Å². The van der Waals surface area contributed by atoms with Crippen LogP contribution in [0.5, 0.6) is 0 Å². The Hall–Kier alpha value is -0.643. The summed E-state index contributed by atoms with van der Waals surface area (Å²) < 4.78 is 2.54. The lowest BCUT2D eigenvalue weighted by molar-refractivity contribution is 0.305. The van der Waals surface area contributed by atoms with Crippen molar-refractivity contribution >= 4 is 14.1 Å². The van der Waals surface area contributed by atoms with Gasteiger partial charge in [-0.25, -0.2) is 0 Å². The topological polar surface area (TPSA) is 6.48 Å². The maximum absolute atomic E-state index is 2.54. The zero-order valence-corrected chi connectivity index (χ0v) is 9.90. The first-order valence-corrected chi connectivity index (χ1v) is 6.74. The van der Waals surface area contributed by atoms with Gasteiger partial charge < -0.3 is 9.47 Å². The minimum Gasteiger partial charge on any atom is -0.321 e. The van der Waals surface area contributed by atoms with Gasteiger partial charge in [-0.2, -0.15) is 0 Å². The van der Waals surface area contributed by atoms with Crippen molar-refractivity contribution in [2.75, 3.05) is 33.4 Å². The third kappa shape index (κ3) is 2.05.